The molecule has 4 nitrogen and oxygen atoms in total. The van der Waals surface area contributed by atoms with Crippen molar-refractivity contribution in [2.75, 3.05) is 5.32 Å². The molecule has 0 aliphatic carbocycles. The summed E-state index contributed by atoms with van der Waals surface area (Å²) in [5.74, 6) is 1.56. The summed E-state index contributed by atoms with van der Waals surface area (Å²) in [6.07, 6.45) is 1.56. The highest BCUT2D eigenvalue weighted by Crippen LogP contribution is 2.25. The molecule has 0 atom stereocenters. The second kappa shape index (κ2) is 8.71. The van der Waals surface area contributed by atoms with Crippen LogP contribution in [0.2, 0.25) is 5.02 Å². The zero-order valence-corrected chi connectivity index (χ0v) is 15.9. The van der Waals surface area contributed by atoms with Crippen molar-refractivity contribution in [1.82, 2.24) is 9.97 Å². The van der Waals surface area contributed by atoms with Gasteiger partial charge in [0.05, 0.1) is 5.52 Å². The topological polar surface area (TPSA) is 47.0 Å². The largest absolute Gasteiger partial charge is 0.489 e. The summed E-state index contributed by atoms with van der Waals surface area (Å²) in [5, 5.41) is 5.02. The maximum absolute atomic E-state index is 6.15. The molecule has 0 fully saturated rings. The Labute approximate surface area is 168 Å². The standard InChI is InChI=1S/C21H16ClN3O.ClH/c22-19-7-3-1-5-15(19)13-26-17-11-9-16(10-12-17)25-21-18-6-2-4-8-20(18)23-14-24-21;/h1-12,14H,13H2,(H,23,24,25);1H. The highest BCUT2D eigenvalue weighted by atomic mass is 35.5. The molecule has 3 aromatic carbocycles. The Morgan fingerprint density at radius 1 is 0.852 bits per heavy atom. The Bertz CT molecular complexity index is 1030. The molecule has 4 rings (SSSR count). The van der Waals surface area contributed by atoms with E-state index in [1.807, 2.05) is 72.8 Å². The fourth-order valence-corrected chi connectivity index (χ4v) is 2.84. The third-order valence-corrected chi connectivity index (χ3v) is 4.38. The van der Waals surface area contributed by atoms with Gasteiger partial charge in [0.25, 0.3) is 0 Å². The minimum atomic E-state index is 0. The number of ether oxygens (including phenoxy) is 1. The van der Waals surface area contributed by atoms with E-state index < -0.39 is 0 Å². The average Bonchev–Trinajstić information content (AvgIpc) is 2.69. The van der Waals surface area contributed by atoms with Crippen LogP contribution < -0.4 is 10.1 Å². The number of para-hydroxylation sites is 1. The number of nitrogens with one attached hydrogen (secondary N) is 1. The molecule has 0 radical (unpaired) electrons. The number of hydrogen-bond acceptors (Lipinski definition) is 4. The molecular formula is C21H17Cl2N3O. The van der Waals surface area contributed by atoms with Crippen molar-refractivity contribution >= 4 is 46.4 Å². The summed E-state index contributed by atoms with van der Waals surface area (Å²) in [6.45, 7) is 0.434. The Balaban J connectivity index is 0.00000210. The van der Waals surface area contributed by atoms with Gasteiger partial charge >= 0.3 is 0 Å². The number of nitrogens with zero attached hydrogens (tertiary/aromatic N) is 2. The number of fused-ring (bicyclic) bond motifs is 1. The summed E-state index contributed by atoms with van der Waals surface area (Å²) in [7, 11) is 0. The summed E-state index contributed by atoms with van der Waals surface area (Å²) in [4.78, 5) is 8.62. The van der Waals surface area contributed by atoms with Gasteiger partial charge in [0.1, 0.15) is 24.5 Å². The van der Waals surface area contributed by atoms with Crippen LogP contribution >= 0.6 is 24.0 Å². The monoisotopic (exact) mass is 397 g/mol. The molecule has 0 amide bonds. The fraction of sp³-hybridized carbons (Fsp3) is 0.0476. The van der Waals surface area contributed by atoms with Gasteiger partial charge in [0.2, 0.25) is 0 Å². The molecule has 0 aliphatic rings. The van der Waals surface area contributed by atoms with E-state index in [1.54, 1.807) is 6.33 Å². The molecule has 27 heavy (non-hydrogen) atoms. The van der Waals surface area contributed by atoms with Crippen LogP contribution in [0.15, 0.2) is 79.1 Å². The number of anilines is 2. The van der Waals surface area contributed by atoms with Crippen molar-refractivity contribution in [3.63, 3.8) is 0 Å². The van der Waals surface area contributed by atoms with E-state index in [0.717, 1.165) is 33.7 Å². The van der Waals surface area contributed by atoms with Gasteiger partial charge in [-0.15, -0.1) is 12.4 Å². The molecule has 0 bridgehead atoms. The lowest BCUT2D eigenvalue weighted by atomic mass is 10.2. The number of aromatic nitrogens is 2. The quantitative estimate of drug-likeness (QED) is 0.446. The maximum Gasteiger partial charge on any atom is 0.141 e. The van der Waals surface area contributed by atoms with E-state index in [4.69, 9.17) is 16.3 Å². The molecule has 136 valence electrons. The van der Waals surface area contributed by atoms with Gasteiger partial charge in [-0.25, -0.2) is 9.97 Å². The summed E-state index contributed by atoms with van der Waals surface area (Å²) in [5.41, 5.74) is 2.80. The number of benzene rings is 3. The molecule has 0 saturated carbocycles. The van der Waals surface area contributed by atoms with Gasteiger partial charge in [-0.2, -0.15) is 0 Å². The summed E-state index contributed by atoms with van der Waals surface area (Å²) >= 11 is 6.15. The van der Waals surface area contributed by atoms with Crippen LogP contribution in [-0.4, -0.2) is 9.97 Å². The predicted molar refractivity (Wildman–Crippen MR) is 112 cm³/mol. The third-order valence-electron chi connectivity index (χ3n) is 4.01. The van der Waals surface area contributed by atoms with Crippen molar-refractivity contribution in [2.24, 2.45) is 0 Å². The number of hydrogen-bond donors (Lipinski definition) is 1. The van der Waals surface area contributed by atoms with E-state index in [9.17, 15) is 0 Å². The lowest BCUT2D eigenvalue weighted by Gasteiger charge is -2.10. The van der Waals surface area contributed by atoms with Gasteiger partial charge in [-0.1, -0.05) is 41.9 Å². The van der Waals surface area contributed by atoms with E-state index >= 15 is 0 Å². The van der Waals surface area contributed by atoms with Crippen LogP contribution in [-0.2, 0) is 6.61 Å². The smallest absolute Gasteiger partial charge is 0.141 e. The second-order valence-electron chi connectivity index (χ2n) is 5.77. The fourth-order valence-electron chi connectivity index (χ4n) is 2.65. The average molecular weight is 398 g/mol. The van der Waals surface area contributed by atoms with Crippen LogP contribution in [0.4, 0.5) is 11.5 Å². The van der Waals surface area contributed by atoms with Crippen LogP contribution in [0, 0.1) is 0 Å². The van der Waals surface area contributed by atoms with Crippen LogP contribution in [0.1, 0.15) is 5.56 Å². The number of halogens is 2. The molecule has 0 saturated heterocycles. The molecule has 6 heteroatoms. The van der Waals surface area contributed by atoms with Gasteiger partial charge < -0.3 is 10.1 Å². The normalized spacial score (nSPS) is 10.3. The Hall–Kier alpha value is -2.82. The van der Waals surface area contributed by atoms with E-state index in [1.165, 1.54) is 0 Å². The first-order valence-electron chi connectivity index (χ1n) is 8.23. The Morgan fingerprint density at radius 3 is 2.41 bits per heavy atom. The molecule has 0 aliphatic heterocycles. The maximum atomic E-state index is 6.15. The highest BCUT2D eigenvalue weighted by Gasteiger charge is 2.04. The SMILES string of the molecule is Cl.Clc1ccccc1COc1ccc(Nc2ncnc3ccccc23)cc1. The lowest BCUT2D eigenvalue weighted by molar-refractivity contribution is 0.306. The second-order valence-corrected chi connectivity index (χ2v) is 6.18. The molecule has 4 aromatic rings. The van der Waals surface area contributed by atoms with Crippen LogP contribution in [0.25, 0.3) is 10.9 Å². The van der Waals surface area contributed by atoms with E-state index in [0.29, 0.717) is 11.6 Å². The van der Waals surface area contributed by atoms with Crippen LogP contribution in [0.5, 0.6) is 5.75 Å². The minimum Gasteiger partial charge on any atom is -0.489 e. The number of rotatable bonds is 5. The zero-order valence-electron chi connectivity index (χ0n) is 14.3. The molecule has 0 unspecified atom stereocenters. The highest BCUT2D eigenvalue weighted by molar-refractivity contribution is 6.31. The summed E-state index contributed by atoms with van der Waals surface area (Å²) in [6, 6.07) is 23.3. The van der Waals surface area contributed by atoms with Crippen molar-refractivity contribution in [3.05, 3.63) is 89.7 Å². The minimum absolute atomic E-state index is 0. The van der Waals surface area contributed by atoms with Crippen molar-refractivity contribution in [1.29, 1.82) is 0 Å². The first kappa shape index (κ1) is 19.0. The molecule has 1 aromatic heterocycles. The van der Waals surface area contributed by atoms with Crippen LogP contribution in [0.3, 0.4) is 0 Å². The van der Waals surface area contributed by atoms with Gasteiger partial charge in [0.15, 0.2) is 0 Å². The van der Waals surface area contributed by atoms with Gasteiger partial charge in [-0.3, -0.25) is 0 Å². The Kier molecular flexibility index (Phi) is 6.12. The lowest BCUT2D eigenvalue weighted by Crippen LogP contribution is -1.98. The molecule has 0 spiro atoms. The van der Waals surface area contributed by atoms with Crippen molar-refractivity contribution < 1.29 is 4.74 Å². The zero-order chi connectivity index (χ0) is 17.8. The molecular weight excluding hydrogens is 381 g/mol. The van der Waals surface area contributed by atoms with E-state index in [-0.39, 0.29) is 12.4 Å². The van der Waals surface area contributed by atoms with E-state index in [2.05, 4.69) is 15.3 Å². The molecule has 1 N–H and O–H groups in total. The first-order chi connectivity index (χ1) is 12.8. The van der Waals surface area contributed by atoms with Gasteiger partial charge in [-0.05, 0) is 42.5 Å². The first-order valence-corrected chi connectivity index (χ1v) is 8.60. The van der Waals surface area contributed by atoms with Crippen molar-refractivity contribution in [3.8, 4) is 5.75 Å². The Morgan fingerprint density at radius 2 is 1.59 bits per heavy atom. The summed E-state index contributed by atoms with van der Waals surface area (Å²) < 4.78 is 5.81. The van der Waals surface area contributed by atoms with Crippen molar-refractivity contribution in [2.45, 2.75) is 6.61 Å². The predicted octanol–water partition coefficient (Wildman–Crippen LogP) is 6.03. The third kappa shape index (κ3) is 4.48. The van der Waals surface area contributed by atoms with Gasteiger partial charge in [0, 0.05) is 21.7 Å². The molecule has 1 heterocycles.